The molecule has 1 aliphatic rings. The zero-order chi connectivity index (χ0) is 9.68. The minimum atomic E-state index is -0.0531. The van der Waals surface area contributed by atoms with Crippen LogP contribution in [0.4, 0.5) is 0 Å². The van der Waals surface area contributed by atoms with Crippen molar-refractivity contribution >= 4 is 0 Å². The van der Waals surface area contributed by atoms with E-state index in [1.807, 2.05) is 0 Å². The fourth-order valence-corrected chi connectivity index (χ4v) is 2.15. The predicted molar refractivity (Wildman–Crippen MR) is 55.8 cm³/mol. The second kappa shape index (κ2) is 5.61. The van der Waals surface area contributed by atoms with Gasteiger partial charge in [-0.15, -0.1) is 0 Å². The van der Waals surface area contributed by atoms with Crippen LogP contribution in [0.5, 0.6) is 0 Å². The van der Waals surface area contributed by atoms with Crippen molar-refractivity contribution < 1.29 is 5.11 Å². The zero-order valence-corrected chi connectivity index (χ0v) is 9.00. The van der Waals surface area contributed by atoms with Gasteiger partial charge in [0, 0.05) is 0 Å². The Hall–Kier alpha value is -0.0800. The van der Waals surface area contributed by atoms with Gasteiger partial charge in [-0.1, -0.05) is 19.3 Å². The average molecular weight is 185 g/mol. The minimum Gasteiger partial charge on any atom is -0.393 e. The Bertz CT molecular complexity index is 130. The summed E-state index contributed by atoms with van der Waals surface area (Å²) in [7, 11) is 4.13. The molecule has 0 aromatic carbocycles. The molecule has 1 saturated carbocycles. The van der Waals surface area contributed by atoms with E-state index in [9.17, 15) is 5.11 Å². The van der Waals surface area contributed by atoms with Crippen LogP contribution in [0.15, 0.2) is 0 Å². The van der Waals surface area contributed by atoms with Crippen molar-refractivity contribution in [1.29, 1.82) is 0 Å². The standard InChI is InChI=1S/C11H23NO/c1-12(2)9-8-11(13)10-6-4-3-5-7-10/h10-11,13H,3-9H2,1-2H3/t11-/m1/s1. The van der Waals surface area contributed by atoms with Gasteiger partial charge in [-0.25, -0.2) is 0 Å². The summed E-state index contributed by atoms with van der Waals surface area (Å²) in [5.41, 5.74) is 0. The van der Waals surface area contributed by atoms with Gasteiger partial charge in [-0.3, -0.25) is 0 Å². The van der Waals surface area contributed by atoms with Gasteiger partial charge in [0.05, 0.1) is 6.10 Å². The normalized spacial score (nSPS) is 22.2. The first kappa shape index (κ1) is 11.0. The number of aliphatic hydroxyl groups excluding tert-OH is 1. The number of hydrogen-bond donors (Lipinski definition) is 1. The summed E-state index contributed by atoms with van der Waals surface area (Å²) in [5.74, 6) is 0.591. The molecule has 0 unspecified atom stereocenters. The third-order valence-electron chi connectivity index (χ3n) is 3.07. The number of hydrogen-bond acceptors (Lipinski definition) is 2. The fraction of sp³-hybridized carbons (Fsp3) is 1.00. The molecular formula is C11H23NO. The van der Waals surface area contributed by atoms with Gasteiger partial charge in [0.1, 0.15) is 0 Å². The second-order valence-corrected chi connectivity index (χ2v) is 4.56. The van der Waals surface area contributed by atoms with Crippen molar-refractivity contribution in [2.75, 3.05) is 20.6 Å². The molecule has 78 valence electrons. The summed E-state index contributed by atoms with van der Waals surface area (Å²) in [6, 6.07) is 0. The highest BCUT2D eigenvalue weighted by Gasteiger charge is 2.21. The zero-order valence-electron chi connectivity index (χ0n) is 9.00. The predicted octanol–water partition coefficient (Wildman–Crippen LogP) is 1.88. The van der Waals surface area contributed by atoms with E-state index < -0.39 is 0 Å². The first-order valence-corrected chi connectivity index (χ1v) is 5.53. The van der Waals surface area contributed by atoms with Crippen LogP contribution >= 0.6 is 0 Å². The molecule has 0 spiro atoms. The van der Waals surface area contributed by atoms with E-state index in [2.05, 4.69) is 19.0 Å². The van der Waals surface area contributed by atoms with Crippen molar-refractivity contribution in [3.8, 4) is 0 Å². The highest BCUT2D eigenvalue weighted by atomic mass is 16.3. The molecule has 2 nitrogen and oxygen atoms in total. The molecule has 1 atom stereocenters. The number of aliphatic hydroxyl groups is 1. The van der Waals surface area contributed by atoms with Crippen molar-refractivity contribution in [2.45, 2.75) is 44.6 Å². The smallest absolute Gasteiger partial charge is 0.0580 e. The van der Waals surface area contributed by atoms with E-state index >= 15 is 0 Å². The van der Waals surface area contributed by atoms with Crippen molar-refractivity contribution in [1.82, 2.24) is 4.90 Å². The van der Waals surface area contributed by atoms with Crippen LogP contribution in [0.2, 0.25) is 0 Å². The lowest BCUT2D eigenvalue weighted by atomic mass is 9.84. The molecular weight excluding hydrogens is 162 g/mol. The van der Waals surface area contributed by atoms with Crippen molar-refractivity contribution in [3.05, 3.63) is 0 Å². The maximum absolute atomic E-state index is 9.90. The van der Waals surface area contributed by atoms with E-state index in [4.69, 9.17) is 0 Å². The lowest BCUT2D eigenvalue weighted by Gasteiger charge is -2.27. The van der Waals surface area contributed by atoms with Crippen LogP contribution in [0, 0.1) is 5.92 Å². The molecule has 0 aliphatic heterocycles. The molecule has 0 saturated heterocycles. The maximum Gasteiger partial charge on any atom is 0.0580 e. The summed E-state index contributed by atoms with van der Waals surface area (Å²) in [4.78, 5) is 2.14. The molecule has 0 aromatic heterocycles. The Morgan fingerprint density at radius 1 is 1.23 bits per heavy atom. The molecule has 0 heterocycles. The summed E-state index contributed by atoms with van der Waals surface area (Å²) in [5, 5.41) is 9.90. The summed E-state index contributed by atoms with van der Waals surface area (Å²) >= 11 is 0. The maximum atomic E-state index is 9.90. The largest absolute Gasteiger partial charge is 0.393 e. The van der Waals surface area contributed by atoms with E-state index in [-0.39, 0.29) is 6.10 Å². The molecule has 1 N–H and O–H groups in total. The number of nitrogens with zero attached hydrogens (tertiary/aromatic N) is 1. The van der Waals surface area contributed by atoms with E-state index in [0.717, 1.165) is 13.0 Å². The van der Waals surface area contributed by atoms with Gasteiger partial charge < -0.3 is 10.0 Å². The van der Waals surface area contributed by atoms with Gasteiger partial charge in [-0.05, 0) is 45.8 Å². The Labute approximate surface area is 81.9 Å². The third kappa shape index (κ3) is 4.10. The van der Waals surface area contributed by atoms with E-state index in [0.29, 0.717) is 5.92 Å². The van der Waals surface area contributed by atoms with Gasteiger partial charge in [0.15, 0.2) is 0 Å². The Kier molecular flexibility index (Phi) is 4.74. The van der Waals surface area contributed by atoms with Crippen LogP contribution in [-0.2, 0) is 0 Å². The van der Waals surface area contributed by atoms with Gasteiger partial charge in [-0.2, -0.15) is 0 Å². The molecule has 0 bridgehead atoms. The van der Waals surface area contributed by atoms with Crippen LogP contribution in [0.3, 0.4) is 0 Å². The van der Waals surface area contributed by atoms with Crippen LogP contribution in [-0.4, -0.2) is 36.8 Å². The van der Waals surface area contributed by atoms with Crippen molar-refractivity contribution in [2.24, 2.45) is 5.92 Å². The van der Waals surface area contributed by atoms with Crippen LogP contribution in [0.1, 0.15) is 38.5 Å². The molecule has 1 fully saturated rings. The summed E-state index contributed by atoms with van der Waals surface area (Å²) in [6.07, 6.45) is 7.40. The first-order chi connectivity index (χ1) is 6.20. The SMILES string of the molecule is CN(C)CC[C@@H](O)C1CCCCC1. The Morgan fingerprint density at radius 3 is 2.38 bits per heavy atom. The first-order valence-electron chi connectivity index (χ1n) is 5.53. The molecule has 1 aliphatic carbocycles. The lowest BCUT2D eigenvalue weighted by molar-refractivity contribution is 0.0707. The molecule has 1 rings (SSSR count). The van der Waals surface area contributed by atoms with Gasteiger partial charge >= 0.3 is 0 Å². The average Bonchev–Trinajstić information content (AvgIpc) is 2.15. The highest BCUT2D eigenvalue weighted by molar-refractivity contribution is 4.73. The fourth-order valence-electron chi connectivity index (χ4n) is 2.15. The monoisotopic (exact) mass is 185 g/mol. The lowest BCUT2D eigenvalue weighted by Crippen LogP contribution is -2.27. The summed E-state index contributed by atoms with van der Waals surface area (Å²) < 4.78 is 0. The number of rotatable bonds is 4. The molecule has 0 aromatic rings. The van der Waals surface area contributed by atoms with Crippen molar-refractivity contribution in [3.63, 3.8) is 0 Å². The van der Waals surface area contributed by atoms with E-state index in [1.54, 1.807) is 0 Å². The van der Waals surface area contributed by atoms with E-state index in [1.165, 1.54) is 32.1 Å². The molecule has 13 heavy (non-hydrogen) atoms. The van der Waals surface area contributed by atoms with Crippen LogP contribution < -0.4 is 0 Å². The minimum absolute atomic E-state index is 0.0531. The Balaban J connectivity index is 2.17. The molecule has 2 heteroatoms. The summed E-state index contributed by atoms with van der Waals surface area (Å²) in [6.45, 7) is 1.01. The second-order valence-electron chi connectivity index (χ2n) is 4.56. The molecule has 0 radical (unpaired) electrons. The quantitative estimate of drug-likeness (QED) is 0.723. The van der Waals surface area contributed by atoms with Gasteiger partial charge in [0.2, 0.25) is 0 Å². The topological polar surface area (TPSA) is 23.5 Å². The van der Waals surface area contributed by atoms with Gasteiger partial charge in [0.25, 0.3) is 0 Å². The van der Waals surface area contributed by atoms with Crippen LogP contribution in [0.25, 0.3) is 0 Å². The third-order valence-corrected chi connectivity index (χ3v) is 3.07. The molecule has 0 amide bonds. The Morgan fingerprint density at radius 2 is 1.85 bits per heavy atom. The highest BCUT2D eigenvalue weighted by Crippen LogP contribution is 2.27.